The molecule has 6 nitrogen and oxygen atoms in total. The van der Waals surface area contributed by atoms with Crippen molar-refractivity contribution < 1.29 is 28.6 Å². The Kier molecular flexibility index (Phi) is 6.87. The number of rotatable bonds is 4. The van der Waals surface area contributed by atoms with E-state index in [0.717, 1.165) is 11.1 Å². The van der Waals surface area contributed by atoms with Crippen molar-refractivity contribution >= 4 is 17.7 Å². The van der Waals surface area contributed by atoms with Crippen molar-refractivity contribution in [2.75, 3.05) is 7.11 Å². The first-order chi connectivity index (χ1) is 14.7. The fourth-order valence-electron chi connectivity index (χ4n) is 4.60. The summed E-state index contributed by atoms with van der Waals surface area (Å²) in [6, 6.07) is 0. The van der Waals surface area contributed by atoms with Gasteiger partial charge in [0.25, 0.3) is 0 Å². The van der Waals surface area contributed by atoms with Gasteiger partial charge in [-0.2, -0.15) is 0 Å². The van der Waals surface area contributed by atoms with Crippen molar-refractivity contribution in [3.8, 4) is 0 Å². The SMILES string of the molecule is C=C(C)[C@H]1C/C2=C(\C(=O)OC)[C@@H](C(C)CC)C(=O)/C=C(/C)C[C@@H]3C=C(C(=O)O3)[C@H](C1)O2. The maximum Gasteiger partial charge on any atom is 0.338 e. The molecule has 168 valence electrons. The van der Waals surface area contributed by atoms with E-state index in [-0.39, 0.29) is 23.2 Å². The molecule has 0 N–H and O–H groups in total. The number of carbonyl (C=O) groups is 3. The van der Waals surface area contributed by atoms with Gasteiger partial charge in [-0.25, -0.2) is 9.59 Å². The minimum absolute atomic E-state index is 0.00839. The van der Waals surface area contributed by atoms with Gasteiger partial charge >= 0.3 is 11.9 Å². The van der Waals surface area contributed by atoms with Crippen molar-refractivity contribution in [2.24, 2.45) is 17.8 Å². The van der Waals surface area contributed by atoms with Gasteiger partial charge in [0.15, 0.2) is 5.78 Å². The summed E-state index contributed by atoms with van der Waals surface area (Å²) in [5.41, 5.74) is 2.46. The molecule has 0 aliphatic carbocycles. The fraction of sp³-hybridized carbons (Fsp3) is 0.560. The lowest BCUT2D eigenvalue weighted by Gasteiger charge is -2.35. The van der Waals surface area contributed by atoms with Gasteiger partial charge < -0.3 is 14.2 Å². The number of allylic oxidation sites excluding steroid dienone is 3. The molecule has 4 bridgehead atoms. The number of ether oxygens (including phenoxy) is 3. The number of hydrogen-bond donors (Lipinski definition) is 0. The minimum atomic E-state index is -0.686. The van der Waals surface area contributed by atoms with E-state index in [0.29, 0.717) is 37.0 Å². The molecule has 0 spiro atoms. The Hall–Kier alpha value is -2.63. The first-order valence-electron chi connectivity index (χ1n) is 10.9. The van der Waals surface area contributed by atoms with Crippen LogP contribution in [0.5, 0.6) is 0 Å². The maximum absolute atomic E-state index is 13.4. The molecule has 0 aromatic rings. The molecular weight excluding hydrogens is 396 g/mol. The maximum atomic E-state index is 13.4. The molecule has 3 rings (SSSR count). The van der Waals surface area contributed by atoms with E-state index >= 15 is 0 Å². The Balaban J connectivity index is 2.25. The van der Waals surface area contributed by atoms with Gasteiger partial charge in [-0.05, 0) is 44.3 Å². The van der Waals surface area contributed by atoms with Crippen LogP contribution in [-0.2, 0) is 28.6 Å². The zero-order valence-electron chi connectivity index (χ0n) is 19.0. The Morgan fingerprint density at radius 3 is 2.61 bits per heavy atom. The number of ketones is 1. The molecule has 0 aromatic carbocycles. The molecule has 31 heavy (non-hydrogen) atoms. The van der Waals surface area contributed by atoms with Crippen molar-refractivity contribution in [1.82, 2.24) is 0 Å². The summed E-state index contributed by atoms with van der Waals surface area (Å²) in [4.78, 5) is 39.0. The summed E-state index contributed by atoms with van der Waals surface area (Å²) in [7, 11) is 1.31. The standard InChI is InChI=1S/C25H32O6/c1-7-15(5)22-19(26)9-14(4)8-17-12-18(24(27)30-17)20-10-16(13(2)3)11-21(31-20)23(22)25(28)29-6/h9,12,15-17,20,22H,2,7-8,10-11H2,1,3-6H3/b14-9-,23-21+/t15?,16-,17-,20+,22+/m1/s1. The van der Waals surface area contributed by atoms with Gasteiger partial charge in [0.2, 0.25) is 0 Å². The highest BCUT2D eigenvalue weighted by Gasteiger charge is 2.42. The van der Waals surface area contributed by atoms with E-state index < -0.39 is 30.1 Å². The molecule has 3 aliphatic rings. The minimum Gasteiger partial charge on any atom is -0.489 e. The monoisotopic (exact) mass is 428 g/mol. The summed E-state index contributed by atoms with van der Waals surface area (Å²) >= 11 is 0. The number of esters is 2. The topological polar surface area (TPSA) is 78.9 Å². The summed E-state index contributed by atoms with van der Waals surface area (Å²) < 4.78 is 16.9. The highest BCUT2D eigenvalue weighted by Crippen LogP contribution is 2.41. The summed E-state index contributed by atoms with van der Waals surface area (Å²) in [5, 5.41) is 0. The third-order valence-electron chi connectivity index (χ3n) is 6.57. The lowest BCUT2D eigenvalue weighted by atomic mass is 9.77. The van der Waals surface area contributed by atoms with Crippen LogP contribution in [0, 0.1) is 17.8 Å². The number of carbonyl (C=O) groups excluding carboxylic acids is 3. The van der Waals surface area contributed by atoms with Crippen LogP contribution in [0.4, 0.5) is 0 Å². The lowest BCUT2D eigenvalue weighted by molar-refractivity contribution is -0.140. The van der Waals surface area contributed by atoms with Gasteiger partial charge in [0, 0.05) is 12.8 Å². The van der Waals surface area contributed by atoms with Crippen molar-refractivity contribution in [3.63, 3.8) is 0 Å². The number of fused-ring (bicyclic) bond motifs is 4. The molecule has 0 saturated carbocycles. The van der Waals surface area contributed by atoms with Crippen molar-refractivity contribution in [2.45, 2.75) is 65.6 Å². The molecular formula is C25H32O6. The van der Waals surface area contributed by atoms with Crippen LogP contribution in [0.1, 0.15) is 53.4 Å². The summed E-state index contributed by atoms with van der Waals surface area (Å²) in [5.74, 6) is -1.50. The van der Waals surface area contributed by atoms with E-state index in [1.807, 2.05) is 27.7 Å². The van der Waals surface area contributed by atoms with Gasteiger partial charge in [0.1, 0.15) is 18.0 Å². The van der Waals surface area contributed by atoms with E-state index in [1.54, 1.807) is 12.2 Å². The van der Waals surface area contributed by atoms with Gasteiger partial charge in [-0.1, -0.05) is 38.0 Å². The Bertz CT molecular complexity index is 890. The number of methoxy groups -OCH3 is 1. The van der Waals surface area contributed by atoms with E-state index in [2.05, 4.69) is 6.58 Å². The largest absolute Gasteiger partial charge is 0.489 e. The predicted molar refractivity (Wildman–Crippen MR) is 116 cm³/mol. The fourth-order valence-corrected chi connectivity index (χ4v) is 4.60. The van der Waals surface area contributed by atoms with Crippen LogP contribution in [0.25, 0.3) is 0 Å². The zero-order valence-corrected chi connectivity index (χ0v) is 19.0. The Morgan fingerprint density at radius 2 is 2.00 bits per heavy atom. The van der Waals surface area contributed by atoms with Crippen LogP contribution in [0.15, 0.2) is 46.8 Å². The molecule has 0 aromatic heterocycles. The zero-order chi connectivity index (χ0) is 22.9. The van der Waals surface area contributed by atoms with Gasteiger partial charge in [-0.3, -0.25) is 4.79 Å². The molecule has 1 fully saturated rings. The number of hydrogen-bond acceptors (Lipinski definition) is 6. The molecule has 1 saturated heterocycles. The second-order valence-corrected chi connectivity index (χ2v) is 8.94. The molecule has 1 unspecified atom stereocenters. The molecule has 3 heterocycles. The van der Waals surface area contributed by atoms with Crippen LogP contribution >= 0.6 is 0 Å². The highest BCUT2D eigenvalue weighted by atomic mass is 16.6. The molecule has 3 aliphatic heterocycles. The third-order valence-corrected chi connectivity index (χ3v) is 6.57. The van der Waals surface area contributed by atoms with E-state index in [9.17, 15) is 14.4 Å². The quantitative estimate of drug-likeness (QED) is 0.493. The first-order valence-corrected chi connectivity index (χ1v) is 10.9. The Morgan fingerprint density at radius 1 is 1.29 bits per heavy atom. The molecule has 0 amide bonds. The van der Waals surface area contributed by atoms with E-state index in [4.69, 9.17) is 14.2 Å². The molecule has 5 atom stereocenters. The Labute approximate surface area is 184 Å². The van der Waals surface area contributed by atoms with Gasteiger partial charge in [0.05, 0.1) is 24.2 Å². The van der Waals surface area contributed by atoms with Crippen molar-refractivity contribution in [3.05, 3.63) is 46.8 Å². The van der Waals surface area contributed by atoms with Crippen LogP contribution in [0.3, 0.4) is 0 Å². The first kappa shape index (κ1) is 23.0. The summed E-state index contributed by atoms with van der Waals surface area (Å²) in [6.07, 6.45) is 4.52. The normalized spacial score (nSPS) is 33.6. The van der Waals surface area contributed by atoms with Crippen LogP contribution < -0.4 is 0 Å². The smallest absolute Gasteiger partial charge is 0.338 e. The third kappa shape index (κ3) is 4.68. The molecule has 0 radical (unpaired) electrons. The van der Waals surface area contributed by atoms with Crippen LogP contribution in [0.2, 0.25) is 0 Å². The van der Waals surface area contributed by atoms with E-state index in [1.165, 1.54) is 7.11 Å². The summed E-state index contributed by atoms with van der Waals surface area (Å²) in [6.45, 7) is 11.8. The second kappa shape index (κ2) is 9.25. The van der Waals surface area contributed by atoms with Crippen molar-refractivity contribution in [1.29, 1.82) is 0 Å². The molecule has 6 heteroatoms. The highest BCUT2D eigenvalue weighted by molar-refractivity contribution is 6.03. The van der Waals surface area contributed by atoms with Gasteiger partial charge in [-0.15, -0.1) is 0 Å². The predicted octanol–water partition coefficient (Wildman–Crippen LogP) is 4.22. The average Bonchev–Trinajstić information content (AvgIpc) is 3.09. The average molecular weight is 429 g/mol. The van der Waals surface area contributed by atoms with Crippen LogP contribution in [-0.4, -0.2) is 37.0 Å². The second-order valence-electron chi connectivity index (χ2n) is 8.94. The lowest BCUT2D eigenvalue weighted by Crippen LogP contribution is -2.34.